The van der Waals surface area contributed by atoms with E-state index < -0.39 is 0 Å². The van der Waals surface area contributed by atoms with Crippen molar-refractivity contribution in [2.75, 3.05) is 0 Å². The summed E-state index contributed by atoms with van der Waals surface area (Å²) in [6.07, 6.45) is 10.6. The number of benzene rings is 1. The number of carbonyl (C=O) groups is 1. The van der Waals surface area contributed by atoms with Gasteiger partial charge in [-0.25, -0.2) is 4.68 Å². The molecule has 6 nitrogen and oxygen atoms in total. The van der Waals surface area contributed by atoms with Crippen LogP contribution in [0, 0.1) is 0 Å². The highest BCUT2D eigenvalue weighted by atomic mass is 16.1. The fraction of sp³-hybridized carbons (Fsp3) is 0.0500. The molecule has 0 bridgehead atoms. The third-order valence-electron chi connectivity index (χ3n) is 4.08. The number of hydrogen-bond acceptors (Lipinski definition) is 3. The molecule has 4 aromatic rings. The monoisotopic (exact) mass is 343 g/mol. The number of para-hydroxylation sites is 1. The van der Waals surface area contributed by atoms with Crippen molar-refractivity contribution in [3.8, 4) is 16.8 Å². The van der Waals surface area contributed by atoms with Crippen molar-refractivity contribution in [2.45, 2.75) is 6.54 Å². The van der Waals surface area contributed by atoms with Gasteiger partial charge in [-0.1, -0.05) is 24.3 Å². The largest absolute Gasteiger partial charge is 0.366 e. The lowest BCUT2D eigenvalue weighted by Crippen LogP contribution is -2.22. The molecule has 2 N–H and O–H groups in total. The van der Waals surface area contributed by atoms with Crippen molar-refractivity contribution in [2.24, 2.45) is 0 Å². The average Bonchev–Trinajstić information content (AvgIpc) is 3.37. The molecule has 0 radical (unpaired) electrons. The Kier molecular flexibility index (Phi) is 4.30. The molecular weight excluding hydrogens is 326 g/mol. The SMILES string of the molecule is O=C(NCc1cccnc1)c1c[nH]cc1-c1cnn(-c2ccccc2)c1. The minimum absolute atomic E-state index is 0.141. The number of nitrogens with one attached hydrogen (secondary N) is 2. The van der Waals surface area contributed by atoms with E-state index in [1.807, 2.05) is 54.9 Å². The maximum atomic E-state index is 12.6. The highest BCUT2D eigenvalue weighted by molar-refractivity contribution is 6.00. The topological polar surface area (TPSA) is 75.6 Å². The predicted molar refractivity (Wildman–Crippen MR) is 98.8 cm³/mol. The van der Waals surface area contributed by atoms with Gasteiger partial charge >= 0.3 is 0 Å². The molecule has 0 fully saturated rings. The van der Waals surface area contributed by atoms with E-state index in [1.54, 1.807) is 29.5 Å². The summed E-state index contributed by atoms with van der Waals surface area (Å²) in [5.74, 6) is -0.141. The second-order valence-corrected chi connectivity index (χ2v) is 5.84. The molecule has 1 aromatic carbocycles. The Hall–Kier alpha value is -3.67. The molecule has 128 valence electrons. The molecule has 0 saturated heterocycles. The Balaban J connectivity index is 1.53. The van der Waals surface area contributed by atoms with Crippen molar-refractivity contribution in [3.63, 3.8) is 0 Å². The van der Waals surface area contributed by atoms with Gasteiger partial charge in [0.15, 0.2) is 0 Å². The van der Waals surface area contributed by atoms with Crippen molar-refractivity contribution in [1.29, 1.82) is 0 Å². The van der Waals surface area contributed by atoms with Crippen LogP contribution in [-0.2, 0) is 6.54 Å². The first kappa shape index (κ1) is 15.8. The lowest BCUT2D eigenvalue weighted by atomic mass is 10.1. The van der Waals surface area contributed by atoms with Crippen LogP contribution in [0.5, 0.6) is 0 Å². The predicted octanol–water partition coefficient (Wildman–Crippen LogP) is 3.19. The normalized spacial score (nSPS) is 10.6. The van der Waals surface area contributed by atoms with Gasteiger partial charge < -0.3 is 10.3 Å². The Bertz CT molecular complexity index is 1000. The van der Waals surface area contributed by atoms with E-state index >= 15 is 0 Å². The van der Waals surface area contributed by atoms with Crippen molar-refractivity contribution < 1.29 is 4.79 Å². The fourth-order valence-corrected chi connectivity index (χ4v) is 2.75. The van der Waals surface area contributed by atoms with Crippen molar-refractivity contribution in [1.82, 2.24) is 25.1 Å². The standard InChI is InChI=1S/C20H17N5O/c26-20(23-10-15-5-4-8-21-9-15)19-13-22-12-18(19)16-11-24-25(14-16)17-6-2-1-3-7-17/h1-9,11-14,22H,10H2,(H,23,26). The Morgan fingerprint density at radius 3 is 2.77 bits per heavy atom. The lowest BCUT2D eigenvalue weighted by Gasteiger charge is -2.05. The molecule has 3 aromatic heterocycles. The van der Waals surface area contributed by atoms with Crippen LogP contribution in [0.1, 0.15) is 15.9 Å². The average molecular weight is 343 g/mol. The number of nitrogens with zero attached hydrogens (tertiary/aromatic N) is 3. The van der Waals surface area contributed by atoms with Crippen molar-refractivity contribution in [3.05, 3.63) is 90.8 Å². The van der Waals surface area contributed by atoms with Crippen LogP contribution in [-0.4, -0.2) is 25.7 Å². The van der Waals surface area contributed by atoms with E-state index in [0.717, 1.165) is 22.4 Å². The number of aromatic nitrogens is 4. The van der Waals surface area contributed by atoms with Crippen LogP contribution in [0.3, 0.4) is 0 Å². The number of rotatable bonds is 5. The van der Waals surface area contributed by atoms with E-state index in [9.17, 15) is 4.79 Å². The highest BCUT2D eigenvalue weighted by Crippen LogP contribution is 2.24. The van der Waals surface area contributed by atoms with Crippen LogP contribution in [0.4, 0.5) is 0 Å². The van der Waals surface area contributed by atoms with Gasteiger partial charge in [0.25, 0.3) is 5.91 Å². The van der Waals surface area contributed by atoms with Gasteiger partial charge in [0.1, 0.15) is 0 Å². The van der Waals surface area contributed by atoms with Crippen molar-refractivity contribution >= 4 is 5.91 Å². The van der Waals surface area contributed by atoms with Gasteiger partial charge in [-0.05, 0) is 23.8 Å². The molecule has 0 aliphatic heterocycles. The molecule has 0 spiro atoms. The number of amides is 1. The van der Waals surface area contributed by atoms with Crippen LogP contribution in [0.2, 0.25) is 0 Å². The smallest absolute Gasteiger partial charge is 0.253 e. The third-order valence-corrected chi connectivity index (χ3v) is 4.08. The zero-order chi connectivity index (χ0) is 17.8. The molecule has 3 heterocycles. The molecule has 0 aliphatic rings. The molecule has 4 rings (SSSR count). The van der Waals surface area contributed by atoms with E-state index in [0.29, 0.717) is 12.1 Å². The van der Waals surface area contributed by atoms with Gasteiger partial charge in [-0.2, -0.15) is 5.10 Å². The molecule has 6 heteroatoms. The molecule has 0 unspecified atom stereocenters. The molecule has 26 heavy (non-hydrogen) atoms. The number of H-pyrrole nitrogens is 1. The third kappa shape index (κ3) is 3.25. The number of aromatic amines is 1. The summed E-state index contributed by atoms with van der Waals surface area (Å²) in [7, 11) is 0. The lowest BCUT2D eigenvalue weighted by molar-refractivity contribution is 0.0951. The van der Waals surface area contributed by atoms with Gasteiger partial charge in [-0.3, -0.25) is 9.78 Å². The van der Waals surface area contributed by atoms with Crippen LogP contribution < -0.4 is 5.32 Å². The van der Waals surface area contributed by atoms with E-state index in [1.165, 1.54) is 0 Å². The van der Waals surface area contributed by atoms with Crippen LogP contribution in [0.15, 0.2) is 79.6 Å². The van der Waals surface area contributed by atoms with Gasteiger partial charge in [0, 0.05) is 48.7 Å². The maximum Gasteiger partial charge on any atom is 0.253 e. The molecule has 0 saturated carbocycles. The van der Waals surface area contributed by atoms with Crippen LogP contribution in [0.25, 0.3) is 16.8 Å². The Morgan fingerprint density at radius 1 is 1.08 bits per heavy atom. The van der Waals surface area contributed by atoms with E-state index in [-0.39, 0.29) is 5.91 Å². The van der Waals surface area contributed by atoms with E-state index in [4.69, 9.17) is 0 Å². The fourth-order valence-electron chi connectivity index (χ4n) is 2.75. The zero-order valence-corrected chi connectivity index (χ0v) is 14.0. The second-order valence-electron chi connectivity index (χ2n) is 5.84. The first-order chi connectivity index (χ1) is 12.8. The summed E-state index contributed by atoms with van der Waals surface area (Å²) >= 11 is 0. The summed E-state index contributed by atoms with van der Waals surface area (Å²) in [6.45, 7) is 0.431. The quantitative estimate of drug-likeness (QED) is 0.584. The summed E-state index contributed by atoms with van der Waals surface area (Å²) in [4.78, 5) is 19.6. The van der Waals surface area contributed by atoms with Gasteiger partial charge in [0.2, 0.25) is 0 Å². The first-order valence-corrected chi connectivity index (χ1v) is 8.25. The summed E-state index contributed by atoms with van der Waals surface area (Å²) in [6, 6.07) is 13.6. The molecule has 0 aliphatic carbocycles. The number of hydrogen-bond donors (Lipinski definition) is 2. The molecule has 0 atom stereocenters. The zero-order valence-electron chi connectivity index (χ0n) is 14.0. The minimum atomic E-state index is -0.141. The maximum absolute atomic E-state index is 12.6. The van der Waals surface area contributed by atoms with E-state index in [2.05, 4.69) is 20.4 Å². The van der Waals surface area contributed by atoms with Gasteiger partial charge in [-0.15, -0.1) is 0 Å². The highest BCUT2D eigenvalue weighted by Gasteiger charge is 2.15. The summed E-state index contributed by atoms with van der Waals surface area (Å²) in [5.41, 5.74) is 4.20. The Labute approximate surface area is 150 Å². The summed E-state index contributed by atoms with van der Waals surface area (Å²) < 4.78 is 1.79. The second kappa shape index (κ2) is 7.06. The van der Waals surface area contributed by atoms with Gasteiger partial charge in [0.05, 0.1) is 17.4 Å². The van der Waals surface area contributed by atoms with Crippen LogP contribution >= 0.6 is 0 Å². The number of carbonyl (C=O) groups excluding carboxylic acids is 1. The minimum Gasteiger partial charge on any atom is -0.366 e. The molecular formula is C20H17N5O. The Morgan fingerprint density at radius 2 is 1.96 bits per heavy atom. The molecule has 1 amide bonds. The summed E-state index contributed by atoms with van der Waals surface area (Å²) in [5, 5.41) is 7.32. The number of pyridine rings is 1. The first-order valence-electron chi connectivity index (χ1n) is 8.25.